The summed E-state index contributed by atoms with van der Waals surface area (Å²) < 4.78 is 5.53. The molecule has 4 N–H and O–H groups in total. The van der Waals surface area contributed by atoms with E-state index in [-0.39, 0.29) is 18.0 Å². The molecule has 120 valence electrons. The summed E-state index contributed by atoms with van der Waals surface area (Å²) in [5, 5.41) is 0. The van der Waals surface area contributed by atoms with Gasteiger partial charge in [-0.1, -0.05) is 0 Å². The third-order valence-corrected chi connectivity index (χ3v) is 3.96. The van der Waals surface area contributed by atoms with E-state index in [1.807, 2.05) is 11.8 Å². The number of nitrogens with two attached hydrogens (primary N) is 2. The molecule has 0 spiro atoms. The molecule has 0 aromatic heterocycles. The van der Waals surface area contributed by atoms with Crippen molar-refractivity contribution in [3.8, 4) is 5.75 Å². The van der Waals surface area contributed by atoms with Gasteiger partial charge in [0.2, 0.25) is 11.8 Å². The minimum absolute atomic E-state index is 0.0909. The molecule has 0 aliphatic carbocycles. The zero-order chi connectivity index (χ0) is 16.1. The summed E-state index contributed by atoms with van der Waals surface area (Å²) in [6.07, 6.45) is 2.03. The van der Waals surface area contributed by atoms with Crippen LogP contribution in [0.1, 0.15) is 36.5 Å². The molecule has 2 amide bonds. The molecule has 2 unspecified atom stereocenters. The third-order valence-electron chi connectivity index (χ3n) is 3.96. The highest BCUT2D eigenvalue weighted by Crippen LogP contribution is 2.17. The Balaban J connectivity index is 1.78. The predicted octanol–water partition coefficient (Wildman–Crippen LogP) is 0.893. The Morgan fingerprint density at radius 2 is 2.00 bits per heavy atom. The minimum Gasteiger partial charge on any atom is -0.493 e. The topological polar surface area (TPSA) is 98.7 Å². The van der Waals surface area contributed by atoms with Crippen molar-refractivity contribution in [2.45, 2.75) is 38.3 Å². The second-order valence-electron chi connectivity index (χ2n) is 5.71. The molecule has 1 aromatic carbocycles. The number of nitrogens with zero attached hydrogens (tertiary/aromatic N) is 1. The highest BCUT2D eigenvalue weighted by Gasteiger charge is 2.26. The van der Waals surface area contributed by atoms with Crippen LogP contribution in [0.3, 0.4) is 0 Å². The van der Waals surface area contributed by atoms with E-state index < -0.39 is 5.91 Å². The van der Waals surface area contributed by atoms with Crippen LogP contribution in [-0.4, -0.2) is 41.9 Å². The Bertz CT molecular complexity index is 530. The fourth-order valence-corrected chi connectivity index (χ4v) is 2.69. The van der Waals surface area contributed by atoms with Crippen LogP contribution in [0.2, 0.25) is 0 Å². The molecule has 1 heterocycles. The highest BCUT2D eigenvalue weighted by atomic mass is 16.5. The van der Waals surface area contributed by atoms with Gasteiger partial charge in [-0.3, -0.25) is 9.59 Å². The van der Waals surface area contributed by atoms with Crippen molar-refractivity contribution >= 4 is 11.8 Å². The number of hydrogen-bond donors (Lipinski definition) is 2. The Morgan fingerprint density at radius 1 is 1.32 bits per heavy atom. The number of primary amides is 1. The minimum atomic E-state index is -0.473. The quantitative estimate of drug-likeness (QED) is 0.844. The van der Waals surface area contributed by atoms with Gasteiger partial charge in [-0.05, 0) is 44.0 Å². The summed E-state index contributed by atoms with van der Waals surface area (Å²) >= 11 is 0. The van der Waals surface area contributed by atoms with E-state index in [1.165, 1.54) is 0 Å². The van der Waals surface area contributed by atoms with Gasteiger partial charge in [0.25, 0.3) is 0 Å². The van der Waals surface area contributed by atoms with Crippen LogP contribution >= 0.6 is 0 Å². The molecule has 1 saturated heterocycles. The second-order valence-corrected chi connectivity index (χ2v) is 5.71. The van der Waals surface area contributed by atoms with Crippen molar-refractivity contribution in [2.24, 2.45) is 11.5 Å². The van der Waals surface area contributed by atoms with Crippen molar-refractivity contribution in [2.75, 3.05) is 13.2 Å². The van der Waals surface area contributed by atoms with Gasteiger partial charge < -0.3 is 21.1 Å². The van der Waals surface area contributed by atoms with Crippen molar-refractivity contribution in [1.29, 1.82) is 0 Å². The van der Waals surface area contributed by atoms with Crippen LogP contribution in [0.15, 0.2) is 24.3 Å². The maximum atomic E-state index is 12.2. The van der Waals surface area contributed by atoms with Crippen molar-refractivity contribution in [1.82, 2.24) is 4.90 Å². The number of carbonyl (C=O) groups is 2. The van der Waals surface area contributed by atoms with Crippen LogP contribution in [0.25, 0.3) is 0 Å². The fraction of sp³-hybridized carbons (Fsp3) is 0.500. The standard InChI is InChI=1S/C16H23N3O3/c1-11-10-13(17)6-8-19(11)15(20)7-9-22-14-4-2-12(3-5-14)16(18)21/h2-5,11,13H,6-10,17H2,1H3,(H2,18,21). The first-order chi connectivity index (χ1) is 10.5. The number of likely N-dealkylation sites (tertiary alicyclic amines) is 1. The zero-order valence-electron chi connectivity index (χ0n) is 12.8. The molecule has 6 nitrogen and oxygen atoms in total. The largest absolute Gasteiger partial charge is 0.493 e. The average molecular weight is 305 g/mol. The van der Waals surface area contributed by atoms with E-state index in [0.717, 1.165) is 12.8 Å². The van der Waals surface area contributed by atoms with Gasteiger partial charge in [-0.2, -0.15) is 0 Å². The SMILES string of the molecule is CC1CC(N)CCN1C(=O)CCOc1ccc(C(N)=O)cc1. The van der Waals surface area contributed by atoms with Gasteiger partial charge in [0.1, 0.15) is 5.75 Å². The summed E-state index contributed by atoms with van der Waals surface area (Å²) in [6, 6.07) is 6.94. The smallest absolute Gasteiger partial charge is 0.248 e. The van der Waals surface area contributed by atoms with Gasteiger partial charge in [0.15, 0.2) is 0 Å². The lowest BCUT2D eigenvalue weighted by Gasteiger charge is -2.36. The Morgan fingerprint density at radius 3 is 2.59 bits per heavy atom. The van der Waals surface area contributed by atoms with Crippen LogP contribution in [0, 0.1) is 0 Å². The fourth-order valence-electron chi connectivity index (χ4n) is 2.69. The van der Waals surface area contributed by atoms with E-state index in [4.69, 9.17) is 16.2 Å². The maximum absolute atomic E-state index is 12.2. The van der Waals surface area contributed by atoms with Gasteiger partial charge in [0.05, 0.1) is 13.0 Å². The van der Waals surface area contributed by atoms with Crippen LogP contribution < -0.4 is 16.2 Å². The van der Waals surface area contributed by atoms with Crippen molar-refractivity contribution in [3.63, 3.8) is 0 Å². The number of carbonyl (C=O) groups excluding carboxylic acids is 2. The maximum Gasteiger partial charge on any atom is 0.248 e. The summed E-state index contributed by atoms with van der Waals surface area (Å²) in [7, 11) is 0. The number of amides is 2. The Hall–Kier alpha value is -2.08. The summed E-state index contributed by atoms with van der Waals surface area (Å²) in [6.45, 7) is 3.05. The molecule has 6 heteroatoms. The number of piperidine rings is 1. The highest BCUT2D eigenvalue weighted by molar-refractivity contribution is 5.92. The molecule has 0 radical (unpaired) electrons. The van der Waals surface area contributed by atoms with Gasteiger partial charge >= 0.3 is 0 Å². The van der Waals surface area contributed by atoms with E-state index in [0.29, 0.717) is 30.9 Å². The van der Waals surface area contributed by atoms with Crippen molar-refractivity contribution < 1.29 is 14.3 Å². The summed E-state index contributed by atoms with van der Waals surface area (Å²) in [5.74, 6) is 0.235. The molecule has 1 aromatic rings. The van der Waals surface area contributed by atoms with Crippen molar-refractivity contribution in [3.05, 3.63) is 29.8 Å². The van der Waals surface area contributed by atoms with E-state index >= 15 is 0 Å². The Kier molecular flexibility index (Phi) is 5.38. The first-order valence-corrected chi connectivity index (χ1v) is 7.55. The van der Waals surface area contributed by atoms with E-state index in [9.17, 15) is 9.59 Å². The van der Waals surface area contributed by atoms with E-state index in [2.05, 4.69) is 0 Å². The number of rotatable bonds is 5. The summed E-state index contributed by atoms with van der Waals surface area (Å²) in [5.41, 5.74) is 11.5. The van der Waals surface area contributed by atoms with E-state index in [1.54, 1.807) is 24.3 Å². The molecule has 2 rings (SSSR count). The number of ether oxygens (including phenoxy) is 1. The normalized spacial score (nSPS) is 21.5. The molecule has 0 saturated carbocycles. The zero-order valence-corrected chi connectivity index (χ0v) is 12.8. The average Bonchev–Trinajstić information content (AvgIpc) is 2.47. The lowest BCUT2D eigenvalue weighted by molar-refractivity contribution is -0.135. The monoisotopic (exact) mass is 305 g/mol. The molecule has 1 fully saturated rings. The summed E-state index contributed by atoms with van der Waals surface area (Å²) in [4.78, 5) is 25.0. The first kappa shape index (κ1) is 16.3. The number of hydrogen-bond acceptors (Lipinski definition) is 4. The molecule has 0 bridgehead atoms. The molecular weight excluding hydrogens is 282 g/mol. The molecular formula is C16H23N3O3. The lowest BCUT2D eigenvalue weighted by Crippen LogP contribution is -2.48. The van der Waals surface area contributed by atoms with Crippen LogP contribution in [-0.2, 0) is 4.79 Å². The Labute approximate surface area is 130 Å². The second kappa shape index (κ2) is 7.26. The van der Waals surface area contributed by atoms with Gasteiger partial charge in [-0.15, -0.1) is 0 Å². The van der Waals surface area contributed by atoms with Crippen LogP contribution in [0.5, 0.6) is 5.75 Å². The van der Waals surface area contributed by atoms with Gasteiger partial charge in [0, 0.05) is 24.2 Å². The molecule has 1 aliphatic heterocycles. The molecule has 2 atom stereocenters. The van der Waals surface area contributed by atoms with Crippen LogP contribution in [0.4, 0.5) is 0 Å². The lowest BCUT2D eigenvalue weighted by atomic mass is 9.99. The molecule has 1 aliphatic rings. The predicted molar refractivity (Wildman–Crippen MR) is 83.5 cm³/mol. The van der Waals surface area contributed by atoms with Gasteiger partial charge in [-0.25, -0.2) is 0 Å². The first-order valence-electron chi connectivity index (χ1n) is 7.55. The number of benzene rings is 1. The third kappa shape index (κ3) is 4.21. The molecule has 22 heavy (non-hydrogen) atoms.